The quantitative estimate of drug-likeness (QED) is 0.766. The Morgan fingerprint density at radius 1 is 1.35 bits per heavy atom. The number of nitrogens with one attached hydrogen (secondary N) is 2. The molecule has 0 saturated carbocycles. The lowest BCUT2D eigenvalue weighted by atomic mass is 10.1. The van der Waals surface area contributed by atoms with Gasteiger partial charge >= 0.3 is 6.03 Å². The van der Waals surface area contributed by atoms with Crippen LogP contribution in [-0.2, 0) is 6.42 Å². The molecule has 2 aromatic rings. The van der Waals surface area contributed by atoms with Crippen LogP contribution in [0.4, 0.5) is 10.6 Å². The number of hydrogen-bond donors (Lipinski definition) is 3. The van der Waals surface area contributed by atoms with E-state index in [9.17, 15) is 9.90 Å². The summed E-state index contributed by atoms with van der Waals surface area (Å²) in [7, 11) is 1.57. The van der Waals surface area contributed by atoms with Gasteiger partial charge in [-0.1, -0.05) is 25.5 Å². The second kappa shape index (κ2) is 7.78. The monoisotopic (exact) mass is 316 g/mol. The van der Waals surface area contributed by atoms with Crippen LogP contribution in [0.15, 0.2) is 30.3 Å². The number of rotatable bonds is 6. The molecule has 6 heteroatoms. The zero-order valence-electron chi connectivity index (χ0n) is 13.8. The molecule has 0 saturated heterocycles. The minimum atomic E-state index is -0.509. The first-order chi connectivity index (χ1) is 11.0. The molecule has 1 unspecified atom stereocenters. The fourth-order valence-electron chi connectivity index (χ4n) is 2.27. The van der Waals surface area contributed by atoms with Crippen molar-refractivity contribution in [2.24, 2.45) is 0 Å². The summed E-state index contributed by atoms with van der Waals surface area (Å²) in [6.45, 7) is 3.86. The SMILES string of the molecule is CCCCc1cc(NC(=O)NC)n(-c2ccc(C(C)O)cc2)n1. The number of aromatic nitrogens is 2. The molecule has 1 aromatic carbocycles. The Hall–Kier alpha value is -2.34. The molecule has 0 aliphatic carbocycles. The van der Waals surface area contributed by atoms with Gasteiger partial charge in [-0.15, -0.1) is 0 Å². The molecule has 124 valence electrons. The van der Waals surface area contributed by atoms with E-state index in [2.05, 4.69) is 22.7 Å². The number of aliphatic hydroxyl groups is 1. The summed E-state index contributed by atoms with van der Waals surface area (Å²) in [5.41, 5.74) is 2.62. The third kappa shape index (κ3) is 4.32. The highest BCUT2D eigenvalue weighted by atomic mass is 16.3. The van der Waals surface area contributed by atoms with Crippen LogP contribution < -0.4 is 10.6 Å². The van der Waals surface area contributed by atoms with Gasteiger partial charge in [0, 0.05) is 13.1 Å². The first-order valence-corrected chi connectivity index (χ1v) is 7.91. The van der Waals surface area contributed by atoms with Crippen molar-refractivity contribution in [3.8, 4) is 5.69 Å². The van der Waals surface area contributed by atoms with Gasteiger partial charge in [0.2, 0.25) is 0 Å². The maximum Gasteiger partial charge on any atom is 0.320 e. The molecular weight excluding hydrogens is 292 g/mol. The molecule has 0 bridgehead atoms. The molecule has 1 heterocycles. The van der Waals surface area contributed by atoms with Crippen LogP contribution in [0, 0.1) is 0 Å². The van der Waals surface area contributed by atoms with E-state index in [4.69, 9.17) is 0 Å². The predicted octanol–water partition coefficient (Wildman–Crippen LogP) is 3.02. The molecular formula is C17H24N4O2. The van der Waals surface area contributed by atoms with Crippen LogP contribution >= 0.6 is 0 Å². The molecule has 0 spiro atoms. The lowest BCUT2D eigenvalue weighted by Gasteiger charge is -2.10. The molecule has 6 nitrogen and oxygen atoms in total. The van der Waals surface area contributed by atoms with Crippen molar-refractivity contribution in [2.75, 3.05) is 12.4 Å². The number of urea groups is 1. The number of amides is 2. The largest absolute Gasteiger partial charge is 0.389 e. The van der Waals surface area contributed by atoms with Gasteiger partial charge in [-0.2, -0.15) is 5.10 Å². The van der Waals surface area contributed by atoms with E-state index in [-0.39, 0.29) is 6.03 Å². The second-order valence-electron chi connectivity index (χ2n) is 5.51. The van der Waals surface area contributed by atoms with Crippen LogP contribution in [-0.4, -0.2) is 28.0 Å². The highest BCUT2D eigenvalue weighted by molar-refractivity contribution is 5.88. The highest BCUT2D eigenvalue weighted by Gasteiger charge is 2.12. The molecule has 0 aliphatic rings. The number of anilines is 1. The maximum absolute atomic E-state index is 11.6. The number of unbranched alkanes of at least 4 members (excludes halogenated alkanes) is 1. The van der Waals surface area contributed by atoms with Gasteiger partial charge in [0.1, 0.15) is 5.82 Å². The zero-order valence-corrected chi connectivity index (χ0v) is 13.8. The normalized spacial score (nSPS) is 12.0. The smallest absolute Gasteiger partial charge is 0.320 e. The molecule has 0 radical (unpaired) electrons. The maximum atomic E-state index is 11.6. The predicted molar refractivity (Wildman–Crippen MR) is 90.9 cm³/mol. The van der Waals surface area contributed by atoms with Crippen molar-refractivity contribution in [3.63, 3.8) is 0 Å². The molecule has 1 aromatic heterocycles. The summed E-state index contributed by atoms with van der Waals surface area (Å²) in [5, 5.41) is 19.5. The lowest BCUT2D eigenvalue weighted by molar-refractivity contribution is 0.199. The minimum absolute atomic E-state index is 0.284. The van der Waals surface area contributed by atoms with Gasteiger partial charge in [0.15, 0.2) is 0 Å². The van der Waals surface area contributed by atoms with E-state index in [1.54, 1.807) is 18.7 Å². The van der Waals surface area contributed by atoms with E-state index in [0.29, 0.717) is 5.82 Å². The number of nitrogens with zero attached hydrogens (tertiary/aromatic N) is 2. The van der Waals surface area contributed by atoms with Crippen molar-refractivity contribution in [1.29, 1.82) is 0 Å². The highest BCUT2D eigenvalue weighted by Crippen LogP contribution is 2.21. The summed E-state index contributed by atoms with van der Waals surface area (Å²) in [4.78, 5) is 11.6. The fourth-order valence-corrected chi connectivity index (χ4v) is 2.27. The molecule has 0 aliphatic heterocycles. The first kappa shape index (κ1) is 17.0. The number of aryl methyl sites for hydroxylation is 1. The Bertz CT molecular complexity index is 647. The number of carbonyl (C=O) groups is 1. The third-order valence-corrected chi connectivity index (χ3v) is 3.64. The van der Waals surface area contributed by atoms with Crippen LogP contribution in [0.25, 0.3) is 5.69 Å². The van der Waals surface area contributed by atoms with Crippen LogP contribution in [0.5, 0.6) is 0 Å². The van der Waals surface area contributed by atoms with E-state index in [0.717, 1.165) is 36.2 Å². The average molecular weight is 316 g/mol. The van der Waals surface area contributed by atoms with Gasteiger partial charge < -0.3 is 10.4 Å². The molecule has 2 amide bonds. The Morgan fingerprint density at radius 2 is 2.04 bits per heavy atom. The van der Waals surface area contributed by atoms with E-state index in [1.165, 1.54) is 0 Å². The van der Waals surface area contributed by atoms with Crippen LogP contribution in [0.2, 0.25) is 0 Å². The summed E-state index contributed by atoms with van der Waals surface area (Å²) < 4.78 is 1.71. The molecule has 2 rings (SSSR count). The molecule has 3 N–H and O–H groups in total. The third-order valence-electron chi connectivity index (χ3n) is 3.64. The van der Waals surface area contributed by atoms with E-state index < -0.39 is 6.10 Å². The van der Waals surface area contributed by atoms with Gasteiger partial charge in [-0.3, -0.25) is 5.32 Å². The van der Waals surface area contributed by atoms with Crippen LogP contribution in [0.3, 0.4) is 0 Å². The van der Waals surface area contributed by atoms with Gasteiger partial charge in [0.05, 0.1) is 17.5 Å². The number of aliphatic hydroxyl groups excluding tert-OH is 1. The van der Waals surface area contributed by atoms with Gasteiger partial charge in [0.25, 0.3) is 0 Å². The molecule has 0 fully saturated rings. The van der Waals surface area contributed by atoms with Crippen molar-refractivity contribution < 1.29 is 9.90 Å². The summed E-state index contributed by atoms with van der Waals surface area (Å²) >= 11 is 0. The number of carbonyl (C=O) groups excluding carboxylic acids is 1. The van der Waals surface area contributed by atoms with Gasteiger partial charge in [-0.25, -0.2) is 9.48 Å². The summed E-state index contributed by atoms with van der Waals surface area (Å²) in [5.74, 6) is 0.625. The molecule has 23 heavy (non-hydrogen) atoms. The zero-order chi connectivity index (χ0) is 16.8. The second-order valence-corrected chi connectivity index (χ2v) is 5.51. The Labute approximate surface area is 136 Å². The summed E-state index contributed by atoms with van der Waals surface area (Å²) in [6, 6.07) is 9.09. The Morgan fingerprint density at radius 3 is 2.61 bits per heavy atom. The van der Waals surface area contributed by atoms with Crippen molar-refractivity contribution in [2.45, 2.75) is 39.2 Å². The number of benzene rings is 1. The van der Waals surface area contributed by atoms with Crippen molar-refractivity contribution in [1.82, 2.24) is 15.1 Å². The van der Waals surface area contributed by atoms with E-state index >= 15 is 0 Å². The lowest BCUT2D eigenvalue weighted by Crippen LogP contribution is -2.25. The van der Waals surface area contributed by atoms with E-state index in [1.807, 2.05) is 30.3 Å². The fraction of sp³-hybridized carbons (Fsp3) is 0.412. The summed E-state index contributed by atoms with van der Waals surface area (Å²) in [6.07, 6.45) is 2.51. The Balaban J connectivity index is 2.33. The van der Waals surface area contributed by atoms with Crippen molar-refractivity contribution >= 4 is 11.8 Å². The van der Waals surface area contributed by atoms with Gasteiger partial charge in [-0.05, 0) is 37.5 Å². The first-order valence-electron chi connectivity index (χ1n) is 7.91. The number of hydrogen-bond acceptors (Lipinski definition) is 3. The minimum Gasteiger partial charge on any atom is -0.389 e. The molecule has 1 atom stereocenters. The standard InChI is InChI=1S/C17H24N4O2/c1-4-5-6-14-11-16(19-17(23)18-3)21(20-14)15-9-7-13(8-10-15)12(2)22/h7-12,22H,4-6H2,1-3H3,(H2,18,19,23). The van der Waals surface area contributed by atoms with Crippen molar-refractivity contribution in [3.05, 3.63) is 41.6 Å². The Kier molecular flexibility index (Phi) is 5.76. The topological polar surface area (TPSA) is 79.2 Å². The van der Waals surface area contributed by atoms with Crippen LogP contribution in [0.1, 0.15) is 44.1 Å². The average Bonchev–Trinajstić information content (AvgIpc) is 2.95.